The molecule has 5 heteroatoms. The molecule has 1 aromatic heterocycles. The van der Waals surface area contributed by atoms with Crippen LogP contribution < -0.4 is 15.8 Å². The van der Waals surface area contributed by atoms with Crippen LogP contribution in [0, 0.1) is 0 Å². The summed E-state index contributed by atoms with van der Waals surface area (Å²) < 4.78 is 5.03. The molecule has 0 fully saturated rings. The highest BCUT2D eigenvalue weighted by Crippen LogP contribution is 2.20. The topological polar surface area (TPSA) is 73.1 Å². The number of hydrogen-bond donors (Lipinski definition) is 2. The lowest BCUT2D eigenvalue weighted by molar-refractivity contribution is 0.394. The van der Waals surface area contributed by atoms with E-state index >= 15 is 0 Å². The number of hydrogen-bond acceptors (Lipinski definition) is 5. The highest BCUT2D eigenvalue weighted by molar-refractivity contribution is 5.37. The number of rotatable bonds is 6. The first kappa shape index (κ1) is 12.7. The lowest BCUT2D eigenvalue weighted by Gasteiger charge is -2.31. The predicted octanol–water partition coefficient (Wildman–Crippen LogP) is 1.41. The van der Waals surface area contributed by atoms with Crippen molar-refractivity contribution in [2.75, 3.05) is 19.0 Å². The van der Waals surface area contributed by atoms with Gasteiger partial charge in [0.1, 0.15) is 5.82 Å². The molecule has 0 aromatic carbocycles. The summed E-state index contributed by atoms with van der Waals surface area (Å²) in [4.78, 5) is 8.32. The molecule has 16 heavy (non-hydrogen) atoms. The molecule has 0 aliphatic rings. The highest BCUT2D eigenvalue weighted by atomic mass is 16.5. The highest BCUT2D eigenvalue weighted by Gasteiger charge is 2.24. The Labute approximate surface area is 96.4 Å². The minimum Gasteiger partial charge on any atom is -0.480 e. The van der Waals surface area contributed by atoms with Crippen LogP contribution in [0.25, 0.3) is 0 Å². The number of methoxy groups -OCH3 is 1. The van der Waals surface area contributed by atoms with Gasteiger partial charge in [-0.25, -0.2) is 0 Å². The third kappa shape index (κ3) is 2.82. The van der Waals surface area contributed by atoms with Gasteiger partial charge in [-0.05, 0) is 12.8 Å². The molecule has 5 nitrogen and oxygen atoms in total. The quantitative estimate of drug-likeness (QED) is 0.764. The molecule has 0 saturated carbocycles. The van der Waals surface area contributed by atoms with Crippen molar-refractivity contribution >= 4 is 5.82 Å². The zero-order valence-electron chi connectivity index (χ0n) is 10.2. The van der Waals surface area contributed by atoms with Gasteiger partial charge < -0.3 is 15.8 Å². The van der Waals surface area contributed by atoms with Crippen LogP contribution in [0.15, 0.2) is 12.4 Å². The SMILES string of the molecule is CCC(CC)(CN)Nc1cncc(OC)n1. The van der Waals surface area contributed by atoms with Crippen molar-refractivity contribution in [3.05, 3.63) is 12.4 Å². The van der Waals surface area contributed by atoms with Crippen molar-refractivity contribution in [2.24, 2.45) is 5.73 Å². The summed E-state index contributed by atoms with van der Waals surface area (Å²) in [6.45, 7) is 4.78. The predicted molar refractivity (Wildman–Crippen MR) is 64.6 cm³/mol. The minimum atomic E-state index is -0.110. The summed E-state index contributed by atoms with van der Waals surface area (Å²) in [5.74, 6) is 1.21. The second-order valence-electron chi connectivity index (χ2n) is 3.76. The van der Waals surface area contributed by atoms with Gasteiger partial charge in [0.05, 0.1) is 25.0 Å². The van der Waals surface area contributed by atoms with E-state index in [1.165, 1.54) is 0 Å². The Hall–Kier alpha value is -1.36. The molecular weight excluding hydrogens is 204 g/mol. The van der Waals surface area contributed by atoms with Crippen LogP contribution in [0.2, 0.25) is 0 Å². The number of aromatic nitrogens is 2. The third-order valence-corrected chi connectivity index (χ3v) is 2.96. The Bertz CT molecular complexity index is 317. The number of nitrogens with one attached hydrogen (secondary N) is 1. The maximum absolute atomic E-state index is 5.81. The number of ether oxygens (including phenoxy) is 1. The van der Waals surface area contributed by atoms with Gasteiger partial charge in [-0.3, -0.25) is 4.98 Å². The van der Waals surface area contributed by atoms with Crippen molar-refractivity contribution in [3.63, 3.8) is 0 Å². The molecule has 0 aliphatic carbocycles. The largest absolute Gasteiger partial charge is 0.480 e. The van der Waals surface area contributed by atoms with Crippen LogP contribution in [0.4, 0.5) is 5.82 Å². The molecule has 0 radical (unpaired) electrons. The molecule has 0 atom stereocenters. The maximum Gasteiger partial charge on any atom is 0.233 e. The van der Waals surface area contributed by atoms with E-state index in [4.69, 9.17) is 10.5 Å². The Balaban J connectivity index is 2.84. The number of anilines is 1. The molecular formula is C11H20N4O. The molecule has 1 rings (SSSR count). The first-order valence-corrected chi connectivity index (χ1v) is 5.54. The molecule has 0 bridgehead atoms. The van der Waals surface area contributed by atoms with Crippen molar-refractivity contribution in [1.29, 1.82) is 0 Å². The van der Waals surface area contributed by atoms with Crippen molar-refractivity contribution in [1.82, 2.24) is 9.97 Å². The standard InChI is InChI=1S/C11H20N4O/c1-4-11(5-2,8-12)15-9-6-13-7-10(14-9)16-3/h6-7H,4-5,8,12H2,1-3H3,(H,14,15). The van der Waals surface area contributed by atoms with E-state index in [-0.39, 0.29) is 5.54 Å². The first-order valence-electron chi connectivity index (χ1n) is 5.54. The van der Waals surface area contributed by atoms with Crippen LogP contribution in [0.3, 0.4) is 0 Å². The Morgan fingerprint density at radius 2 is 2.06 bits per heavy atom. The molecule has 0 unspecified atom stereocenters. The van der Waals surface area contributed by atoms with E-state index in [1.54, 1.807) is 19.5 Å². The first-order chi connectivity index (χ1) is 7.69. The van der Waals surface area contributed by atoms with Crippen molar-refractivity contribution in [2.45, 2.75) is 32.2 Å². The average molecular weight is 224 g/mol. The second kappa shape index (κ2) is 5.65. The van der Waals surface area contributed by atoms with Crippen LogP contribution in [0.5, 0.6) is 5.88 Å². The Kier molecular flexibility index (Phi) is 4.49. The molecule has 0 spiro atoms. The van der Waals surface area contributed by atoms with Crippen LogP contribution in [-0.4, -0.2) is 29.2 Å². The summed E-state index contributed by atoms with van der Waals surface area (Å²) in [5.41, 5.74) is 5.70. The molecule has 3 N–H and O–H groups in total. The number of nitrogens with two attached hydrogens (primary N) is 1. The fraction of sp³-hybridized carbons (Fsp3) is 0.636. The summed E-state index contributed by atoms with van der Waals surface area (Å²) in [7, 11) is 1.57. The fourth-order valence-corrected chi connectivity index (χ4v) is 1.54. The normalized spacial score (nSPS) is 11.2. The third-order valence-electron chi connectivity index (χ3n) is 2.96. The zero-order chi connectivity index (χ0) is 12.0. The van der Waals surface area contributed by atoms with Gasteiger partial charge in [0, 0.05) is 6.54 Å². The second-order valence-corrected chi connectivity index (χ2v) is 3.76. The number of nitrogens with zero attached hydrogens (tertiary/aromatic N) is 2. The summed E-state index contributed by atoms with van der Waals surface area (Å²) >= 11 is 0. The zero-order valence-corrected chi connectivity index (χ0v) is 10.2. The van der Waals surface area contributed by atoms with Crippen molar-refractivity contribution < 1.29 is 4.74 Å². The van der Waals surface area contributed by atoms with E-state index in [1.807, 2.05) is 0 Å². The molecule has 0 saturated heterocycles. The van der Waals surface area contributed by atoms with Gasteiger partial charge in [-0.2, -0.15) is 4.98 Å². The van der Waals surface area contributed by atoms with E-state index in [2.05, 4.69) is 29.1 Å². The molecule has 1 heterocycles. The molecule has 0 aliphatic heterocycles. The Morgan fingerprint density at radius 1 is 1.38 bits per heavy atom. The van der Waals surface area contributed by atoms with Gasteiger partial charge in [0.2, 0.25) is 5.88 Å². The summed E-state index contributed by atoms with van der Waals surface area (Å²) in [6.07, 6.45) is 5.14. The van der Waals surface area contributed by atoms with E-state index in [0.717, 1.165) is 12.8 Å². The van der Waals surface area contributed by atoms with Gasteiger partial charge >= 0.3 is 0 Å². The maximum atomic E-state index is 5.81. The van der Waals surface area contributed by atoms with Gasteiger partial charge in [-0.1, -0.05) is 13.8 Å². The van der Waals surface area contributed by atoms with E-state index < -0.39 is 0 Å². The van der Waals surface area contributed by atoms with Crippen LogP contribution in [0.1, 0.15) is 26.7 Å². The van der Waals surface area contributed by atoms with Crippen LogP contribution in [-0.2, 0) is 0 Å². The monoisotopic (exact) mass is 224 g/mol. The molecule has 1 aromatic rings. The average Bonchev–Trinajstić information content (AvgIpc) is 2.36. The molecule has 0 amide bonds. The lowest BCUT2D eigenvalue weighted by Crippen LogP contribution is -2.44. The smallest absolute Gasteiger partial charge is 0.233 e. The summed E-state index contributed by atoms with van der Waals surface area (Å²) in [5, 5.41) is 3.34. The lowest BCUT2D eigenvalue weighted by atomic mass is 9.93. The van der Waals surface area contributed by atoms with E-state index in [0.29, 0.717) is 18.2 Å². The van der Waals surface area contributed by atoms with Gasteiger partial charge in [0.25, 0.3) is 0 Å². The Morgan fingerprint density at radius 3 is 2.56 bits per heavy atom. The van der Waals surface area contributed by atoms with E-state index in [9.17, 15) is 0 Å². The van der Waals surface area contributed by atoms with Gasteiger partial charge in [0.15, 0.2) is 0 Å². The fourth-order valence-electron chi connectivity index (χ4n) is 1.54. The molecule has 90 valence electrons. The van der Waals surface area contributed by atoms with Crippen LogP contribution >= 0.6 is 0 Å². The summed E-state index contributed by atoms with van der Waals surface area (Å²) in [6, 6.07) is 0. The van der Waals surface area contributed by atoms with Gasteiger partial charge in [-0.15, -0.1) is 0 Å². The van der Waals surface area contributed by atoms with Crippen molar-refractivity contribution in [3.8, 4) is 5.88 Å². The minimum absolute atomic E-state index is 0.110.